The van der Waals surface area contributed by atoms with Crippen molar-refractivity contribution in [2.75, 3.05) is 18.5 Å². The number of anilines is 1. The highest BCUT2D eigenvalue weighted by molar-refractivity contribution is 7.14. The molecular weight excluding hydrogens is 298 g/mol. The number of rotatable bonds is 5. The van der Waals surface area contributed by atoms with E-state index in [2.05, 4.69) is 5.32 Å². The Labute approximate surface area is 134 Å². The van der Waals surface area contributed by atoms with E-state index < -0.39 is 0 Å². The van der Waals surface area contributed by atoms with Crippen molar-refractivity contribution >= 4 is 22.9 Å². The van der Waals surface area contributed by atoms with E-state index in [1.807, 2.05) is 43.3 Å². The quantitative estimate of drug-likeness (QED) is 0.910. The summed E-state index contributed by atoms with van der Waals surface area (Å²) < 4.78 is 11.3. The second-order valence-corrected chi connectivity index (χ2v) is 6.63. The Hall–Kier alpha value is -1.85. The number of hydrogen-bond acceptors (Lipinski definition) is 4. The van der Waals surface area contributed by atoms with E-state index in [0.29, 0.717) is 11.5 Å². The number of aryl methyl sites for hydroxylation is 1. The van der Waals surface area contributed by atoms with Gasteiger partial charge in [0.25, 0.3) is 5.91 Å². The molecule has 22 heavy (non-hydrogen) atoms. The highest BCUT2D eigenvalue weighted by atomic mass is 32.1. The summed E-state index contributed by atoms with van der Waals surface area (Å²) in [7, 11) is 0. The molecule has 1 aromatic heterocycles. The van der Waals surface area contributed by atoms with E-state index >= 15 is 0 Å². The average Bonchev–Trinajstić information content (AvgIpc) is 3.17. The molecule has 1 atom stereocenters. The second-order valence-electron chi connectivity index (χ2n) is 5.34. The van der Waals surface area contributed by atoms with Crippen molar-refractivity contribution in [2.24, 2.45) is 0 Å². The van der Waals surface area contributed by atoms with E-state index in [1.54, 1.807) is 0 Å². The fourth-order valence-electron chi connectivity index (χ4n) is 2.38. The molecule has 4 nitrogen and oxygen atoms in total. The maximum Gasteiger partial charge on any atom is 0.265 e. The van der Waals surface area contributed by atoms with Crippen LogP contribution >= 0.6 is 11.3 Å². The summed E-state index contributed by atoms with van der Waals surface area (Å²) in [5.41, 5.74) is 0.737. The minimum atomic E-state index is -0.0885. The molecule has 0 radical (unpaired) electrons. The molecule has 1 fully saturated rings. The lowest BCUT2D eigenvalue weighted by atomic mass is 10.2. The number of carbonyl (C=O) groups is 1. The van der Waals surface area contributed by atoms with Crippen molar-refractivity contribution < 1.29 is 14.3 Å². The van der Waals surface area contributed by atoms with E-state index in [-0.39, 0.29) is 12.0 Å². The first kappa shape index (κ1) is 15.1. The van der Waals surface area contributed by atoms with Crippen LogP contribution in [0.25, 0.3) is 0 Å². The Morgan fingerprint density at radius 2 is 2.32 bits per heavy atom. The summed E-state index contributed by atoms with van der Waals surface area (Å²) in [6.45, 7) is 3.37. The van der Waals surface area contributed by atoms with Crippen molar-refractivity contribution in [1.29, 1.82) is 0 Å². The highest BCUT2D eigenvalue weighted by Crippen LogP contribution is 2.21. The second kappa shape index (κ2) is 6.94. The van der Waals surface area contributed by atoms with Crippen LogP contribution in [0, 0.1) is 6.92 Å². The van der Waals surface area contributed by atoms with Crippen LogP contribution < -0.4 is 10.1 Å². The molecule has 1 N–H and O–H groups in total. The molecule has 0 bridgehead atoms. The smallest absolute Gasteiger partial charge is 0.265 e. The minimum absolute atomic E-state index is 0.0885. The lowest BCUT2D eigenvalue weighted by Crippen LogP contribution is -2.16. The minimum Gasteiger partial charge on any atom is -0.491 e. The Morgan fingerprint density at radius 1 is 1.41 bits per heavy atom. The topological polar surface area (TPSA) is 47.6 Å². The number of carbonyl (C=O) groups excluding carboxylic acids is 1. The summed E-state index contributed by atoms with van der Waals surface area (Å²) in [6, 6.07) is 11.2. The third-order valence-corrected chi connectivity index (χ3v) is 4.52. The monoisotopic (exact) mass is 317 g/mol. The van der Waals surface area contributed by atoms with Crippen molar-refractivity contribution in [1.82, 2.24) is 0 Å². The number of benzene rings is 1. The van der Waals surface area contributed by atoms with Gasteiger partial charge in [-0.1, -0.05) is 6.07 Å². The first-order chi connectivity index (χ1) is 10.7. The van der Waals surface area contributed by atoms with Gasteiger partial charge >= 0.3 is 0 Å². The lowest BCUT2D eigenvalue weighted by Gasteiger charge is -2.12. The van der Waals surface area contributed by atoms with Gasteiger partial charge in [0.05, 0.1) is 11.0 Å². The van der Waals surface area contributed by atoms with E-state index in [4.69, 9.17) is 9.47 Å². The molecule has 1 saturated heterocycles. The van der Waals surface area contributed by atoms with Crippen LogP contribution in [-0.4, -0.2) is 25.2 Å². The number of ether oxygens (including phenoxy) is 2. The summed E-state index contributed by atoms with van der Waals surface area (Å²) in [5.74, 6) is 0.657. The van der Waals surface area contributed by atoms with Gasteiger partial charge in [0.2, 0.25) is 0 Å². The molecular formula is C17H19NO3S. The van der Waals surface area contributed by atoms with Gasteiger partial charge < -0.3 is 14.8 Å². The van der Waals surface area contributed by atoms with Gasteiger partial charge in [-0.2, -0.15) is 0 Å². The summed E-state index contributed by atoms with van der Waals surface area (Å²) in [6.07, 6.45) is 2.34. The molecule has 2 heterocycles. The fourth-order valence-corrected chi connectivity index (χ4v) is 3.14. The summed E-state index contributed by atoms with van der Waals surface area (Å²) >= 11 is 1.49. The Balaban J connectivity index is 1.59. The van der Waals surface area contributed by atoms with E-state index in [0.717, 1.165) is 35.8 Å². The zero-order chi connectivity index (χ0) is 15.4. The van der Waals surface area contributed by atoms with Gasteiger partial charge in [-0.15, -0.1) is 11.3 Å². The molecule has 3 rings (SSSR count). The molecule has 1 aromatic carbocycles. The maximum absolute atomic E-state index is 12.1. The zero-order valence-electron chi connectivity index (χ0n) is 12.5. The van der Waals surface area contributed by atoms with Gasteiger partial charge in [-0.3, -0.25) is 4.79 Å². The number of amides is 1. The summed E-state index contributed by atoms with van der Waals surface area (Å²) in [4.78, 5) is 14.0. The molecule has 1 aliphatic rings. The Bertz CT molecular complexity index is 647. The van der Waals surface area contributed by atoms with Crippen LogP contribution in [0.1, 0.15) is 27.4 Å². The fraction of sp³-hybridized carbons (Fsp3) is 0.353. The normalized spacial score (nSPS) is 17.4. The first-order valence-electron chi connectivity index (χ1n) is 7.43. The third kappa shape index (κ3) is 3.87. The SMILES string of the molecule is Cc1ccc(C(=O)Nc2cccc(OC[C@H]3CCCO3)c2)s1. The Kier molecular flexibility index (Phi) is 4.75. The van der Waals surface area contributed by atoms with Crippen molar-refractivity contribution in [3.8, 4) is 5.75 Å². The van der Waals surface area contributed by atoms with Crippen LogP contribution in [0.5, 0.6) is 5.75 Å². The predicted octanol–water partition coefficient (Wildman–Crippen LogP) is 3.87. The molecule has 0 saturated carbocycles. The van der Waals surface area contributed by atoms with Gasteiger partial charge in [0.15, 0.2) is 0 Å². The number of thiophene rings is 1. The van der Waals surface area contributed by atoms with E-state index in [9.17, 15) is 4.79 Å². The molecule has 1 aliphatic heterocycles. The number of nitrogens with one attached hydrogen (secondary N) is 1. The molecule has 2 aromatic rings. The molecule has 0 unspecified atom stereocenters. The molecule has 116 valence electrons. The molecule has 5 heteroatoms. The van der Waals surface area contributed by atoms with Crippen LogP contribution in [0.2, 0.25) is 0 Å². The average molecular weight is 317 g/mol. The zero-order valence-corrected chi connectivity index (χ0v) is 13.3. The van der Waals surface area contributed by atoms with Crippen LogP contribution in [-0.2, 0) is 4.74 Å². The lowest BCUT2D eigenvalue weighted by molar-refractivity contribution is 0.0680. The molecule has 0 spiro atoms. The molecule has 0 aliphatic carbocycles. The largest absolute Gasteiger partial charge is 0.491 e. The maximum atomic E-state index is 12.1. The number of hydrogen-bond donors (Lipinski definition) is 1. The third-order valence-electron chi connectivity index (χ3n) is 3.52. The van der Waals surface area contributed by atoms with Crippen LogP contribution in [0.3, 0.4) is 0 Å². The van der Waals surface area contributed by atoms with Gasteiger partial charge in [-0.05, 0) is 44.0 Å². The predicted molar refractivity (Wildman–Crippen MR) is 87.9 cm³/mol. The van der Waals surface area contributed by atoms with E-state index in [1.165, 1.54) is 11.3 Å². The van der Waals surface area contributed by atoms with Gasteiger partial charge in [0.1, 0.15) is 12.4 Å². The van der Waals surface area contributed by atoms with Crippen LogP contribution in [0.4, 0.5) is 5.69 Å². The summed E-state index contributed by atoms with van der Waals surface area (Å²) in [5, 5.41) is 2.90. The molecule has 1 amide bonds. The Morgan fingerprint density at radius 3 is 3.05 bits per heavy atom. The van der Waals surface area contributed by atoms with Crippen molar-refractivity contribution in [2.45, 2.75) is 25.9 Å². The first-order valence-corrected chi connectivity index (χ1v) is 8.24. The van der Waals surface area contributed by atoms with Gasteiger partial charge in [-0.25, -0.2) is 0 Å². The van der Waals surface area contributed by atoms with Crippen molar-refractivity contribution in [3.05, 3.63) is 46.2 Å². The standard InChI is InChI=1S/C17H19NO3S/c1-12-7-8-16(22-12)17(19)18-13-4-2-5-14(10-13)21-11-15-6-3-9-20-15/h2,4-5,7-8,10,15H,3,6,9,11H2,1H3,(H,18,19)/t15-/m1/s1. The highest BCUT2D eigenvalue weighted by Gasteiger charge is 2.16. The van der Waals surface area contributed by atoms with Crippen molar-refractivity contribution in [3.63, 3.8) is 0 Å². The van der Waals surface area contributed by atoms with Crippen LogP contribution in [0.15, 0.2) is 36.4 Å². The van der Waals surface area contributed by atoms with Gasteiger partial charge in [0, 0.05) is 23.2 Å².